The molecule has 140 valence electrons. The van der Waals surface area contributed by atoms with Gasteiger partial charge in [0.2, 0.25) is 11.8 Å². The summed E-state index contributed by atoms with van der Waals surface area (Å²) in [7, 11) is 3.68. The molecule has 0 aliphatic carbocycles. The molecule has 2 aromatic heterocycles. The second-order valence-corrected chi connectivity index (χ2v) is 6.14. The highest BCUT2D eigenvalue weighted by molar-refractivity contribution is 5.72. The molecule has 27 heavy (non-hydrogen) atoms. The molecule has 0 N–H and O–H groups in total. The van der Waals surface area contributed by atoms with Gasteiger partial charge in [0.15, 0.2) is 5.82 Å². The van der Waals surface area contributed by atoms with Gasteiger partial charge in [0.1, 0.15) is 5.75 Å². The number of carbonyl (C=O) groups excluding carboxylic acids is 1. The van der Waals surface area contributed by atoms with Crippen LogP contribution in [-0.2, 0) is 4.79 Å². The maximum atomic E-state index is 11.3. The van der Waals surface area contributed by atoms with Crippen molar-refractivity contribution in [3.63, 3.8) is 0 Å². The largest absolute Gasteiger partial charge is 0.437 e. The van der Waals surface area contributed by atoms with E-state index in [4.69, 9.17) is 4.74 Å². The molecule has 0 aliphatic heterocycles. The van der Waals surface area contributed by atoms with E-state index in [1.807, 2.05) is 47.0 Å². The van der Waals surface area contributed by atoms with E-state index < -0.39 is 0 Å². The Morgan fingerprint density at radius 1 is 1.11 bits per heavy atom. The van der Waals surface area contributed by atoms with Crippen LogP contribution in [0.25, 0.3) is 5.69 Å². The van der Waals surface area contributed by atoms with Gasteiger partial charge in [-0.15, -0.1) is 0 Å². The van der Waals surface area contributed by atoms with Crippen LogP contribution in [0.3, 0.4) is 0 Å². The van der Waals surface area contributed by atoms with E-state index in [0.29, 0.717) is 30.5 Å². The fraction of sp³-hybridized carbons (Fsp3) is 0.263. The van der Waals surface area contributed by atoms with Crippen molar-refractivity contribution < 1.29 is 9.53 Å². The van der Waals surface area contributed by atoms with E-state index in [2.05, 4.69) is 15.0 Å². The van der Waals surface area contributed by atoms with Gasteiger partial charge in [0.05, 0.1) is 18.7 Å². The molecule has 8 nitrogen and oxygen atoms in total. The number of hydrogen-bond acceptors (Lipinski definition) is 6. The average Bonchev–Trinajstić information content (AvgIpc) is 3.21. The summed E-state index contributed by atoms with van der Waals surface area (Å²) in [4.78, 5) is 27.6. The summed E-state index contributed by atoms with van der Waals surface area (Å²) in [6.45, 7) is 2.80. The van der Waals surface area contributed by atoms with E-state index in [1.54, 1.807) is 43.8 Å². The van der Waals surface area contributed by atoms with Crippen molar-refractivity contribution >= 4 is 11.7 Å². The van der Waals surface area contributed by atoms with Crippen LogP contribution >= 0.6 is 0 Å². The van der Waals surface area contributed by atoms with Crippen molar-refractivity contribution in [3.8, 4) is 17.3 Å². The summed E-state index contributed by atoms with van der Waals surface area (Å²) >= 11 is 0. The fourth-order valence-corrected chi connectivity index (χ4v) is 2.36. The first-order valence-corrected chi connectivity index (χ1v) is 8.54. The van der Waals surface area contributed by atoms with Gasteiger partial charge in [-0.05, 0) is 24.3 Å². The topological polar surface area (TPSA) is 76.4 Å². The minimum absolute atomic E-state index is 0.0331. The molecule has 0 spiro atoms. The third-order valence-corrected chi connectivity index (χ3v) is 4.16. The predicted molar refractivity (Wildman–Crippen MR) is 102 cm³/mol. The molecule has 0 fully saturated rings. The summed E-state index contributed by atoms with van der Waals surface area (Å²) in [5.41, 5.74) is 0.994. The Morgan fingerprint density at radius 2 is 1.89 bits per heavy atom. The zero-order chi connectivity index (χ0) is 19.2. The monoisotopic (exact) mass is 366 g/mol. The SMILES string of the molecule is CC(=O)N(C)CCN(C)c1cncc(Oc2ccc(-n3ccnc3)cc2)n1. The maximum Gasteiger partial charge on any atom is 0.239 e. The van der Waals surface area contributed by atoms with E-state index >= 15 is 0 Å². The highest BCUT2D eigenvalue weighted by Crippen LogP contribution is 2.22. The van der Waals surface area contributed by atoms with Gasteiger partial charge in [0, 0.05) is 52.2 Å². The average molecular weight is 366 g/mol. The van der Waals surface area contributed by atoms with Crippen molar-refractivity contribution in [2.24, 2.45) is 0 Å². The molecule has 3 rings (SSSR count). The number of hydrogen-bond donors (Lipinski definition) is 0. The second kappa shape index (κ2) is 8.31. The lowest BCUT2D eigenvalue weighted by molar-refractivity contribution is -0.127. The number of anilines is 1. The van der Waals surface area contributed by atoms with Crippen LogP contribution in [0, 0.1) is 0 Å². The number of aromatic nitrogens is 4. The third-order valence-electron chi connectivity index (χ3n) is 4.16. The molecule has 0 bridgehead atoms. The molecular formula is C19H22N6O2. The van der Waals surface area contributed by atoms with Gasteiger partial charge >= 0.3 is 0 Å². The quantitative estimate of drug-likeness (QED) is 0.639. The van der Waals surface area contributed by atoms with Crippen molar-refractivity contribution in [1.29, 1.82) is 0 Å². The van der Waals surface area contributed by atoms with E-state index in [-0.39, 0.29) is 5.91 Å². The van der Waals surface area contributed by atoms with E-state index in [0.717, 1.165) is 5.69 Å². The maximum absolute atomic E-state index is 11.3. The summed E-state index contributed by atoms with van der Waals surface area (Å²) in [5.74, 6) is 1.80. The van der Waals surface area contributed by atoms with Gasteiger partial charge < -0.3 is 19.1 Å². The van der Waals surface area contributed by atoms with Crippen LogP contribution in [0.4, 0.5) is 5.82 Å². The predicted octanol–water partition coefficient (Wildman–Crippen LogP) is 2.37. The molecule has 0 aliphatic rings. The number of ether oxygens (including phenoxy) is 1. The third kappa shape index (κ3) is 4.81. The van der Waals surface area contributed by atoms with E-state index in [9.17, 15) is 4.79 Å². The number of benzene rings is 1. The zero-order valence-corrected chi connectivity index (χ0v) is 15.6. The lowest BCUT2D eigenvalue weighted by Gasteiger charge is -2.22. The Balaban J connectivity index is 1.64. The van der Waals surface area contributed by atoms with Crippen molar-refractivity contribution in [3.05, 3.63) is 55.4 Å². The second-order valence-electron chi connectivity index (χ2n) is 6.14. The standard InChI is InChI=1S/C19H22N6O2/c1-15(26)23(2)10-11-24(3)18-12-21-13-19(22-18)27-17-6-4-16(5-7-17)25-9-8-20-14-25/h4-9,12-14H,10-11H2,1-3H3. The summed E-state index contributed by atoms with van der Waals surface area (Å²) in [6.07, 6.45) is 8.59. The first-order chi connectivity index (χ1) is 13.0. The fourth-order valence-electron chi connectivity index (χ4n) is 2.36. The van der Waals surface area contributed by atoms with Crippen molar-refractivity contribution in [2.45, 2.75) is 6.92 Å². The van der Waals surface area contributed by atoms with Gasteiger partial charge in [-0.25, -0.2) is 4.98 Å². The number of amides is 1. The lowest BCUT2D eigenvalue weighted by Crippen LogP contribution is -2.33. The molecule has 0 unspecified atom stereocenters. The van der Waals surface area contributed by atoms with Gasteiger partial charge in [-0.3, -0.25) is 9.78 Å². The Labute approximate surface area is 158 Å². The molecule has 1 aromatic carbocycles. The minimum atomic E-state index is 0.0331. The molecule has 0 radical (unpaired) electrons. The number of rotatable bonds is 7. The first-order valence-electron chi connectivity index (χ1n) is 8.54. The van der Waals surface area contributed by atoms with Crippen LogP contribution < -0.4 is 9.64 Å². The van der Waals surface area contributed by atoms with Crippen LogP contribution in [0.15, 0.2) is 55.4 Å². The van der Waals surface area contributed by atoms with Crippen molar-refractivity contribution in [2.75, 3.05) is 32.1 Å². The van der Waals surface area contributed by atoms with Crippen LogP contribution in [-0.4, -0.2) is 57.5 Å². The highest BCUT2D eigenvalue weighted by atomic mass is 16.5. The Bertz CT molecular complexity index is 879. The summed E-state index contributed by atoms with van der Waals surface area (Å²) in [5, 5.41) is 0. The molecule has 1 amide bonds. The van der Waals surface area contributed by atoms with Gasteiger partial charge in [-0.2, -0.15) is 4.98 Å². The summed E-state index contributed by atoms with van der Waals surface area (Å²) in [6, 6.07) is 7.63. The van der Waals surface area contributed by atoms with Crippen LogP contribution in [0.2, 0.25) is 0 Å². The Hall–Kier alpha value is -3.42. The number of carbonyl (C=O) groups is 1. The highest BCUT2D eigenvalue weighted by Gasteiger charge is 2.09. The van der Waals surface area contributed by atoms with Gasteiger partial charge in [-0.1, -0.05) is 0 Å². The molecule has 0 saturated heterocycles. The summed E-state index contributed by atoms with van der Waals surface area (Å²) < 4.78 is 7.73. The molecule has 3 aromatic rings. The molecule has 8 heteroatoms. The Morgan fingerprint density at radius 3 is 2.56 bits per heavy atom. The Kier molecular flexibility index (Phi) is 5.65. The molecule has 2 heterocycles. The molecule has 0 atom stereocenters. The number of nitrogens with zero attached hydrogens (tertiary/aromatic N) is 6. The number of imidazole rings is 1. The first kappa shape index (κ1) is 18.4. The molecular weight excluding hydrogens is 344 g/mol. The lowest BCUT2D eigenvalue weighted by atomic mass is 10.3. The smallest absolute Gasteiger partial charge is 0.239 e. The minimum Gasteiger partial charge on any atom is -0.437 e. The number of likely N-dealkylation sites (N-methyl/N-ethyl adjacent to an activating group) is 2. The van der Waals surface area contributed by atoms with Crippen LogP contribution in [0.5, 0.6) is 11.6 Å². The normalized spacial score (nSPS) is 10.5. The van der Waals surface area contributed by atoms with Gasteiger partial charge in [0.25, 0.3) is 0 Å². The van der Waals surface area contributed by atoms with E-state index in [1.165, 1.54) is 0 Å². The zero-order valence-electron chi connectivity index (χ0n) is 15.6. The van der Waals surface area contributed by atoms with Crippen molar-refractivity contribution in [1.82, 2.24) is 24.4 Å². The van der Waals surface area contributed by atoms with Crippen LogP contribution in [0.1, 0.15) is 6.92 Å². The molecule has 0 saturated carbocycles.